The maximum Gasteiger partial charge on any atom is 0.315 e. The predicted octanol–water partition coefficient (Wildman–Crippen LogP) is 2.25. The van der Waals surface area contributed by atoms with E-state index in [1.807, 2.05) is 37.7 Å². The summed E-state index contributed by atoms with van der Waals surface area (Å²) in [5, 5.41) is 9.88. The molecule has 0 bridgehead atoms. The largest absolute Gasteiger partial charge is 0.336 e. The van der Waals surface area contributed by atoms with Gasteiger partial charge in [0, 0.05) is 12.7 Å². The number of hydrogen-bond acceptors (Lipinski definition) is 4. The molecule has 0 saturated carbocycles. The maximum atomic E-state index is 11.8. The quantitative estimate of drug-likeness (QED) is 0.860. The summed E-state index contributed by atoms with van der Waals surface area (Å²) in [7, 11) is 4.02. The van der Waals surface area contributed by atoms with E-state index >= 15 is 0 Å². The number of carbonyl (C=O) groups is 1. The lowest BCUT2D eigenvalue weighted by Crippen LogP contribution is -2.40. The number of amides is 2. The molecular formula is C15H20N4OS. The highest BCUT2D eigenvalue weighted by atomic mass is 32.1. The molecular weight excluding hydrogens is 284 g/mol. The first kappa shape index (κ1) is 15.5. The summed E-state index contributed by atoms with van der Waals surface area (Å²) in [5.41, 5.74) is 2.06. The lowest BCUT2D eigenvalue weighted by Gasteiger charge is -2.24. The van der Waals surface area contributed by atoms with Gasteiger partial charge in [-0.2, -0.15) is 11.3 Å². The third-order valence-electron chi connectivity index (χ3n) is 3.16. The average molecular weight is 304 g/mol. The van der Waals surface area contributed by atoms with E-state index in [0.29, 0.717) is 13.1 Å². The van der Waals surface area contributed by atoms with Crippen LogP contribution in [0.3, 0.4) is 0 Å². The van der Waals surface area contributed by atoms with Crippen LogP contribution in [0.25, 0.3) is 0 Å². The number of carbonyl (C=O) groups excluding carboxylic acids is 1. The van der Waals surface area contributed by atoms with Crippen LogP contribution in [0.1, 0.15) is 17.3 Å². The highest BCUT2D eigenvalue weighted by Gasteiger charge is 2.15. The molecule has 112 valence electrons. The molecule has 0 saturated heterocycles. The second kappa shape index (κ2) is 7.75. The van der Waals surface area contributed by atoms with Gasteiger partial charge in [0.1, 0.15) is 0 Å². The van der Waals surface area contributed by atoms with Gasteiger partial charge >= 0.3 is 6.03 Å². The fourth-order valence-corrected chi connectivity index (χ4v) is 2.70. The van der Waals surface area contributed by atoms with Gasteiger partial charge in [0.15, 0.2) is 0 Å². The normalized spacial score (nSPS) is 12.1. The van der Waals surface area contributed by atoms with Gasteiger partial charge in [-0.25, -0.2) is 4.79 Å². The summed E-state index contributed by atoms with van der Waals surface area (Å²) < 4.78 is 0. The molecule has 2 aromatic rings. The minimum Gasteiger partial charge on any atom is -0.336 e. The van der Waals surface area contributed by atoms with Crippen LogP contribution < -0.4 is 10.6 Å². The highest BCUT2D eigenvalue weighted by Crippen LogP contribution is 2.19. The fourth-order valence-electron chi connectivity index (χ4n) is 1.99. The smallest absolute Gasteiger partial charge is 0.315 e. The molecule has 0 aliphatic heterocycles. The van der Waals surface area contributed by atoms with E-state index in [-0.39, 0.29) is 12.1 Å². The van der Waals surface area contributed by atoms with Crippen molar-refractivity contribution in [3.05, 3.63) is 52.5 Å². The molecule has 5 nitrogen and oxygen atoms in total. The van der Waals surface area contributed by atoms with E-state index in [1.54, 1.807) is 17.5 Å². The standard InChI is InChI=1S/C15H20N4OS/c1-19(2)14(12-6-8-21-11-12)10-18-15(20)17-9-13-5-3-4-7-16-13/h3-8,11,14H,9-10H2,1-2H3,(H2,17,18,20)/t14-/m1/s1. The van der Waals surface area contributed by atoms with Crippen molar-refractivity contribution in [1.29, 1.82) is 0 Å². The van der Waals surface area contributed by atoms with Crippen LogP contribution in [0, 0.1) is 0 Å². The number of hydrogen-bond donors (Lipinski definition) is 2. The number of thiophene rings is 1. The van der Waals surface area contributed by atoms with E-state index in [1.165, 1.54) is 5.56 Å². The molecule has 1 atom stereocenters. The first-order valence-corrected chi connectivity index (χ1v) is 7.71. The monoisotopic (exact) mass is 304 g/mol. The lowest BCUT2D eigenvalue weighted by atomic mass is 10.1. The Labute approximate surface area is 129 Å². The summed E-state index contributed by atoms with van der Waals surface area (Å²) in [4.78, 5) is 18.1. The second-order valence-electron chi connectivity index (χ2n) is 4.92. The molecule has 0 aromatic carbocycles. The summed E-state index contributed by atoms with van der Waals surface area (Å²) in [5.74, 6) is 0. The average Bonchev–Trinajstić information content (AvgIpc) is 3.00. The van der Waals surface area contributed by atoms with Crippen LogP contribution >= 0.6 is 11.3 Å². The molecule has 0 spiro atoms. The Morgan fingerprint density at radius 1 is 1.33 bits per heavy atom. The van der Waals surface area contributed by atoms with E-state index < -0.39 is 0 Å². The van der Waals surface area contributed by atoms with E-state index in [4.69, 9.17) is 0 Å². The van der Waals surface area contributed by atoms with Crippen molar-refractivity contribution >= 4 is 17.4 Å². The van der Waals surface area contributed by atoms with Crippen molar-refractivity contribution in [1.82, 2.24) is 20.5 Å². The van der Waals surface area contributed by atoms with Gasteiger partial charge in [-0.3, -0.25) is 4.98 Å². The van der Waals surface area contributed by atoms with Crippen LogP contribution in [0.5, 0.6) is 0 Å². The summed E-state index contributed by atoms with van der Waals surface area (Å²) >= 11 is 1.66. The molecule has 0 aliphatic carbocycles. The number of pyridine rings is 1. The number of nitrogens with one attached hydrogen (secondary N) is 2. The van der Waals surface area contributed by atoms with Crippen LogP contribution in [-0.4, -0.2) is 36.6 Å². The molecule has 2 N–H and O–H groups in total. The van der Waals surface area contributed by atoms with E-state index in [0.717, 1.165) is 5.69 Å². The van der Waals surface area contributed by atoms with Crippen molar-refractivity contribution in [2.75, 3.05) is 20.6 Å². The molecule has 2 rings (SSSR count). The predicted molar refractivity (Wildman–Crippen MR) is 85.2 cm³/mol. The second-order valence-corrected chi connectivity index (χ2v) is 5.70. The van der Waals surface area contributed by atoms with Crippen molar-refractivity contribution in [3.8, 4) is 0 Å². The number of rotatable bonds is 6. The Morgan fingerprint density at radius 3 is 2.81 bits per heavy atom. The number of nitrogens with zero attached hydrogens (tertiary/aromatic N) is 2. The van der Waals surface area contributed by atoms with Crippen molar-refractivity contribution in [3.63, 3.8) is 0 Å². The van der Waals surface area contributed by atoms with Gasteiger partial charge in [-0.05, 0) is 48.6 Å². The number of aromatic nitrogens is 1. The number of likely N-dealkylation sites (N-methyl/N-ethyl adjacent to an activating group) is 1. The zero-order valence-corrected chi connectivity index (χ0v) is 13.1. The Bertz CT molecular complexity index is 542. The van der Waals surface area contributed by atoms with Gasteiger partial charge in [-0.1, -0.05) is 6.07 Å². The van der Waals surface area contributed by atoms with Crippen LogP contribution in [-0.2, 0) is 6.54 Å². The highest BCUT2D eigenvalue weighted by molar-refractivity contribution is 7.07. The van der Waals surface area contributed by atoms with Crippen molar-refractivity contribution in [2.24, 2.45) is 0 Å². The van der Waals surface area contributed by atoms with Crippen molar-refractivity contribution in [2.45, 2.75) is 12.6 Å². The molecule has 6 heteroatoms. The summed E-state index contributed by atoms with van der Waals surface area (Å²) in [6, 6.07) is 7.73. The van der Waals surface area contributed by atoms with Crippen LogP contribution in [0.2, 0.25) is 0 Å². The molecule has 0 aliphatic rings. The fraction of sp³-hybridized carbons (Fsp3) is 0.333. The third kappa shape index (κ3) is 4.84. The topological polar surface area (TPSA) is 57.3 Å². The minimum absolute atomic E-state index is 0.178. The molecule has 0 radical (unpaired) electrons. The lowest BCUT2D eigenvalue weighted by molar-refractivity contribution is 0.232. The molecule has 0 fully saturated rings. The van der Waals surface area contributed by atoms with Gasteiger partial charge < -0.3 is 15.5 Å². The van der Waals surface area contributed by atoms with Crippen molar-refractivity contribution < 1.29 is 4.79 Å². The van der Waals surface area contributed by atoms with Crippen LogP contribution in [0.4, 0.5) is 4.79 Å². The number of urea groups is 1. The van der Waals surface area contributed by atoms with Gasteiger partial charge in [0.25, 0.3) is 0 Å². The molecule has 0 unspecified atom stereocenters. The zero-order chi connectivity index (χ0) is 15.1. The summed E-state index contributed by atoms with van der Waals surface area (Å²) in [6.45, 7) is 0.996. The Morgan fingerprint density at radius 2 is 2.19 bits per heavy atom. The molecule has 2 amide bonds. The maximum absolute atomic E-state index is 11.8. The molecule has 2 aromatic heterocycles. The van der Waals surface area contributed by atoms with Crippen LogP contribution in [0.15, 0.2) is 41.2 Å². The SMILES string of the molecule is CN(C)[C@H](CNC(=O)NCc1ccccn1)c1ccsc1. The minimum atomic E-state index is -0.178. The first-order valence-electron chi connectivity index (χ1n) is 6.77. The Kier molecular flexibility index (Phi) is 5.71. The Balaban J connectivity index is 1.80. The van der Waals surface area contributed by atoms with E-state index in [2.05, 4.69) is 32.0 Å². The Hall–Kier alpha value is -1.92. The van der Waals surface area contributed by atoms with Gasteiger partial charge in [0.05, 0.1) is 18.3 Å². The molecule has 21 heavy (non-hydrogen) atoms. The molecule has 2 heterocycles. The van der Waals surface area contributed by atoms with E-state index in [9.17, 15) is 4.79 Å². The first-order chi connectivity index (χ1) is 10.2. The zero-order valence-electron chi connectivity index (χ0n) is 12.2. The van der Waals surface area contributed by atoms with Gasteiger partial charge in [0.2, 0.25) is 0 Å². The van der Waals surface area contributed by atoms with Gasteiger partial charge in [-0.15, -0.1) is 0 Å². The summed E-state index contributed by atoms with van der Waals surface area (Å²) in [6.07, 6.45) is 1.72. The third-order valence-corrected chi connectivity index (χ3v) is 3.86.